The molecule has 0 saturated carbocycles. The second kappa shape index (κ2) is 7.91. The highest BCUT2D eigenvalue weighted by atomic mass is 35.5. The van der Waals surface area contributed by atoms with E-state index in [1.807, 2.05) is 0 Å². The summed E-state index contributed by atoms with van der Waals surface area (Å²) in [5.41, 5.74) is 5.25. The number of halogens is 3. The van der Waals surface area contributed by atoms with Crippen molar-refractivity contribution in [3.63, 3.8) is 0 Å². The highest BCUT2D eigenvalue weighted by Gasteiger charge is 2.21. The molecule has 0 unspecified atom stereocenters. The zero-order valence-corrected chi connectivity index (χ0v) is 11.4. The Kier molecular flexibility index (Phi) is 7.33. The molecule has 0 radical (unpaired) electrons. The maximum Gasteiger partial charge on any atom is 0.307 e. The lowest BCUT2D eigenvalue weighted by Crippen LogP contribution is -2.19. The van der Waals surface area contributed by atoms with Gasteiger partial charge in [-0.3, -0.25) is 4.79 Å². The molecule has 0 amide bonds. The number of esters is 1. The molecule has 2 N–H and O–H groups in total. The Hall–Kier alpha value is -1.40. The van der Waals surface area contributed by atoms with E-state index in [1.54, 1.807) is 6.92 Å². The van der Waals surface area contributed by atoms with E-state index < -0.39 is 23.6 Å². The molecule has 4 nitrogen and oxygen atoms in total. The van der Waals surface area contributed by atoms with E-state index in [0.717, 1.165) is 12.1 Å². The van der Waals surface area contributed by atoms with Gasteiger partial charge in [-0.25, -0.2) is 8.78 Å². The number of carbonyl (C=O) groups is 1. The number of hydrogen-bond acceptors (Lipinski definition) is 4. The molecule has 0 aliphatic rings. The van der Waals surface area contributed by atoms with Gasteiger partial charge in [0.1, 0.15) is 17.4 Å². The molecule has 108 valence electrons. The summed E-state index contributed by atoms with van der Waals surface area (Å²) in [6.07, 6.45) is -0.284. The molecule has 7 heteroatoms. The van der Waals surface area contributed by atoms with E-state index in [-0.39, 0.29) is 36.7 Å². The van der Waals surface area contributed by atoms with Crippen molar-refractivity contribution in [3.05, 3.63) is 29.3 Å². The van der Waals surface area contributed by atoms with Gasteiger partial charge in [-0.2, -0.15) is 0 Å². The zero-order valence-electron chi connectivity index (χ0n) is 10.6. The Morgan fingerprint density at radius 1 is 1.37 bits per heavy atom. The van der Waals surface area contributed by atoms with E-state index in [1.165, 1.54) is 7.11 Å². The van der Waals surface area contributed by atoms with Crippen LogP contribution < -0.4 is 10.5 Å². The maximum atomic E-state index is 13.6. The van der Waals surface area contributed by atoms with Gasteiger partial charge in [0.05, 0.1) is 20.1 Å². The zero-order chi connectivity index (χ0) is 13.7. The van der Waals surface area contributed by atoms with Crippen molar-refractivity contribution >= 4 is 18.4 Å². The predicted octanol–water partition coefficient (Wildman–Crippen LogP) is 2.35. The number of nitrogens with two attached hydrogens (primary N) is 1. The molecular weight excluding hydrogens is 280 g/mol. The number of ether oxygens (including phenoxy) is 2. The molecule has 0 aromatic heterocycles. The van der Waals surface area contributed by atoms with E-state index in [9.17, 15) is 13.6 Å². The predicted molar refractivity (Wildman–Crippen MR) is 68.3 cm³/mol. The molecule has 1 atom stereocenters. The van der Waals surface area contributed by atoms with Gasteiger partial charge in [0.15, 0.2) is 0 Å². The van der Waals surface area contributed by atoms with Crippen LogP contribution in [0.25, 0.3) is 0 Å². The molecule has 1 aromatic carbocycles. The van der Waals surface area contributed by atoms with E-state index in [4.69, 9.17) is 10.5 Å². The summed E-state index contributed by atoms with van der Waals surface area (Å²) in [7, 11) is 1.30. The van der Waals surface area contributed by atoms with Crippen molar-refractivity contribution in [3.8, 4) is 5.75 Å². The number of rotatable bonds is 5. The molecular formula is C12H16ClF2NO3. The first-order valence-corrected chi connectivity index (χ1v) is 5.43. The first-order chi connectivity index (χ1) is 8.49. The fourth-order valence-electron chi connectivity index (χ4n) is 1.53. The maximum absolute atomic E-state index is 13.6. The second-order valence-electron chi connectivity index (χ2n) is 3.62. The van der Waals surface area contributed by atoms with Crippen molar-refractivity contribution in [2.75, 3.05) is 13.7 Å². The van der Waals surface area contributed by atoms with Gasteiger partial charge in [-0.05, 0) is 6.92 Å². The lowest BCUT2D eigenvalue weighted by Gasteiger charge is -2.14. The third-order valence-electron chi connectivity index (χ3n) is 2.35. The Balaban J connectivity index is 0.00000324. The number of carbonyl (C=O) groups excluding carboxylic acids is 1. The van der Waals surface area contributed by atoms with Gasteiger partial charge in [0.2, 0.25) is 0 Å². The molecule has 0 fully saturated rings. The number of methoxy groups -OCH3 is 1. The second-order valence-corrected chi connectivity index (χ2v) is 3.62. The fraction of sp³-hybridized carbons (Fsp3) is 0.417. The van der Waals surface area contributed by atoms with Gasteiger partial charge in [0.25, 0.3) is 0 Å². The van der Waals surface area contributed by atoms with Gasteiger partial charge >= 0.3 is 5.97 Å². The molecule has 0 spiro atoms. The first-order valence-electron chi connectivity index (χ1n) is 5.43. The summed E-state index contributed by atoms with van der Waals surface area (Å²) in [6.45, 7) is 1.83. The molecule has 0 saturated heterocycles. The van der Waals surface area contributed by atoms with Gasteiger partial charge in [0, 0.05) is 23.7 Å². The quantitative estimate of drug-likeness (QED) is 0.847. The van der Waals surface area contributed by atoms with Crippen molar-refractivity contribution < 1.29 is 23.0 Å². The minimum atomic E-state index is -1.09. The Morgan fingerprint density at radius 3 is 2.32 bits per heavy atom. The van der Waals surface area contributed by atoms with Crippen LogP contribution in [0.4, 0.5) is 8.78 Å². The van der Waals surface area contributed by atoms with Crippen LogP contribution in [0.2, 0.25) is 0 Å². The third kappa shape index (κ3) is 4.65. The molecule has 0 aliphatic heterocycles. The van der Waals surface area contributed by atoms with Crippen LogP contribution in [-0.4, -0.2) is 19.7 Å². The topological polar surface area (TPSA) is 61.5 Å². The van der Waals surface area contributed by atoms with Gasteiger partial charge < -0.3 is 15.2 Å². The minimum Gasteiger partial charge on any atom is -0.497 e. The number of hydrogen-bond donors (Lipinski definition) is 1. The summed E-state index contributed by atoms with van der Waals surface area (Å²) < 4.78 is 36.7. The van der Waals surface area contributed by atoms with E-state index in [2.05, 4.69) is 4.74 Å². The summed E-state index contributed by atoms with van der Waals surface area (Å²) in [5.74, 6) is -2.23. The standard InChI is InChI=1S/C12H15F2NO3.ClH/c1-3-18-11(16)6-10(15)12-8(13)4-7(17-2)5-9(12)14;/h4-5,10H,3,6,15H2,1-2H3;1H/t10-;/m1./s1. The molecule has 19 heavy (non-hydrogen) atoms. The van der Waals surface area contributed by atoms with Crippen LogP contribution in [0.3, 0.4) is 0 Å². The molecule has 0 heterocycles. The van der Waals surface area contributed by atoms with Crippen LogP contribution in [0.15, 0.2) is 12.1 Å². The average Bonchev–Trinajstić information content (AvgIpc) is 2.27. The lowest BCUT2D eigenvalue weighted by atomic mass is 10.0. The first kappa shape index (κ1) is 17.6. The Bertz CT molecular complexity index is 420. The van der Waals surface area contributed by atoms with Crippen LogP contribution in [0.1, 0.15) is 24.9 Å². The number of benzene rings is 1. The molecule has 1 aromatic rings. The SMILES string of the molecule is CCOC(=O)C[C@@H](N)c1c(F)cc(OC)cc1F.Cl. The largest absolute Gasteiger partial charge is 0.497 e. The monoisotopic (exact) mass is 295 g/mol. The Labute approximate surface area is 116 Å². The summed E-state index contributed by atoms with van der Waals surface area (Å²) in [4.78, 5) is 11.2. The van der Waals surface area contributed by atoms with Gasteiger partial charge in [-0.15, -0.1) is 12.4 Å². The summed E-state index contributed by atoms with van der Waals surface area (Å²) in [6, 6.07) is 0.947. The lowest BCUT2D eigenvalue weighted by molar-refractivity contribution is -0.143. The van der Waals surface area contributed by atoms with Crippen LogP contribution in [0.5, 0.6) is 5.75 Å². The van der Waals surface area contributed by atoms with Crippen molar-refractivity contribution in [2.45, 2.75) is 19.4 Å². The molecule has 1 rings (SSSR count). The van der Waals surface area contributed by atoms with Gasteiger partial charge in [-0.1, -0.05) is 0 Å². The van der Waals surface area contributed by atoms with Crippen LogP contribution >= 0.6 is 12.4 Å². The molecule has 0 aliphatic carbocycles. The van der Waals surface area contributed by atoms with Crippen LogP contribution in [-0.2, 0) is 9.53 Å². The van der Waals surface area contributed by atoms with Crippen molar-refractivity contribution in [1.82, 2.24) is 0 Å². The summed E-state index contributed by atoms with van der Waals surface area (Å²) in [5, 5.41) is 0. The minimum absolute atomic E-state index is 0. The average molecular weight is 296 g/mol. The Morgan fingerprint density at radius 2 is 1.89 bits per heavy atom. The normalized spacial score (nSPS) is 11.4. The summed E-state index contributed by atoms with van der Waals surface area (Å²) >= 11 is 0. The fourth-order valence-corrected chi connectivity index (χ4v) is 1.53. The van der Waals surface area contributed by atoms with Crippen molar-refractivity contribution in [1.29, 1.82) is 0 Å². The molecule has 0 bridgehead atoms. The van der Waals surface area contributed by atoms with E-state index in [0.29, 0.717) is 0 Å². The highest BCUT2D eigenvalue weighted by molar-refractivity contribution is 5.85. The van der Waals surface area contributed by atoms with Crippen LogP contribution in [0, 0.1) is 11.6 Å². The smallest absolute Gasteiger partial charge is 0.307 e. The van der Waals surface area contributed by atoms with E-state index >= 15 is 0 Å². The highest BCUT2D eigenvalue weighted by Crippen LogP contribution is 2.26. The third-order valence-corrected chi connectivity index (χ3v) is 2.35. The van der Waals surface area contributed by atoms with Crippen molar-refractivity contribution in [2.24, 2.45) is 5.73 Å².